The average Bonchev–Trinajstić information content (AvgIpc) is 2.30. The number of fused-ring (bicyclic) bond motifs is 1. The summed E-state index contributed by atoms with van der Waals surface area (Å²) in [5.41, 5.74) is 1.88. The van der Waals surface area contributed by atoms with Gasteiger partial charge in [-0.05, 0) is 24.1 Å². The number of nitrogens with one attached hydrogen (secondary N) is 2. The minimum absolute atomic E-state index is 0.161. The average molecular weight is 319 g/mol. The maximum atomic E-state index is 11.6. The van der Waals surface area contributed by atoms with Crippen molar-refractivity contribution in [3.8, 4) is 0 Å². The van der Waals surface area contributed by atoms with Crippen LogP contribution in [0.5, 0.6) is 0 Å². The second-order valence-electron chi connectivity index (χ2n) is 3.70. The van der Waals surface area contributed by atoms with Crippen LogP contribution < -0.4 is 10.0 Å². The molecule has 0 unspecified atom stereocenters. The fourth-order valence-corrected chi connectivity index (χ4v) is 2.57. The Hall–Kier alpha value is -1.08. The zero-order valence-corrected chi connectivity index (χ0v) is 11.3. The second-order valence-corrected chi connectivity index (χ2v) is 6.73. The fourth-order valence-electron chi connectivity index (χ4n) is 1.68. The molecule has 0 saturated heterocycles. The maximum Gasteiger partial charge on any atom is 0.251 e. The number of amides is 1. The van der Waals surface area contributed by atoms with Gasteiger partial charge in [0.15, 0.2) is 0 Å². The summed E-state index contributed by atoms with van der Waals surface area (Å²) < 4.78 is 24.9. The van der Waals surface area contributed by atoms with Crippen molar-refractivity contribution in [3.05, 3.63) is 29.3 Å². The standard InChI is InChI=1S/C10H11BrN2O3S/c11-6-17(15,16)13-8-2-1-7-3-4-12-10(14)9(7)5-8/h1-2,5,13H,3-4,6H2,(H,12,14). The number of alkyl halides is 1. The highest BCUT2D eigenvalue weighted by Gasteiger charge is 2.17. The van der Waals surface area contributed by atoms with Crippen LogP contribution >= 0.6 is 15.9 Å². The normalized spacial score (nSPS) is 15.0. The first kappa shape index (κ1) is 12.4. The van der Waals surface area contributed by atoms with Crippen LogP contribution in [0.3, 0.4) is 0 Å². The third kappa shape index (κ3) is 2.78. The molecule has 0 fully saturated rings. The van der Waals surface area contributed by atoms with Crippen LogP contribution in [0, 0.1) is 0 Å². The van der Waals surface area contributed by atoms with E-state index in [4.69, 9.17) is 0 Å². The second kappa shape index (κ2) is 4.66. The Balaban J connectivity index is 2.33. The zero-order valence-electron chi connectivity index (χ0n) is 8.86. The molecule has 0 atom stereocenters. The molecule has 1 aliphatic heterocycles. The van der Waals surface area contributed by atoms with E-state index in [1.165, 1.54) is 0 Å². The van der Waals surface area contributed by atoms with Gasteiger partial charge in [0.25, 0.3) is 5.91 Å². The summed E-state index contributed by atoms with van der Waals surface area (Å²) in [5, 5.41) is 2.72. The monoisotopic (exact) mass is 318 g/mol. The molecule has 17 heavy (non-hydrogen) atoms. The number of hydrogen-bond acceptors (Lipinski definition) is 3. The van der Waals surface area contributed by atoms with E-state index >= 15 is 0 Å². The highest BCUT2D eigenvalue weighted by Crippen LogP contribution is 2.20. The van der Waals surface area contributed by atoms with Crippen LogP contribution in [0.15, 0.2) is 18.2 Å². The van der Waals surface area contributed by atoms with Crippen LogP contribution in [0.2, 0.25) is 0 Å². The van der Waals surface area contributed by atoms with Crippen molar-refractivity contribution in [2.45, 2.75) is 6.42 Å². The summed E-state index contributed by atoms with van der Waals surface area (Å²) in [5.74, 6) is -0.161. The quantitative estimate of drug-likeness (QED) is 0.818. The van der Waals surface area contributed by atoms with Crippen molar-refractivity contribution in [3.63, 3.8) is 0 Å². The van der Waals surface area contributed by atoms with Gasteiger partial charge in [-0.25, -0.2) is 8.42 Å². The largest absolute Gasteiger partial charge is 0.352 e. The topological polar surface area (TPSA) is 75.3 Å². The number of carbonyl (C=O) groups is 1. The molecule has 1 aromatic rings. The van der Waals surface area contributed by atoms with Crippen molar-refractivity contribution < 1.29 is 13.2 Å². The lowest BCUT2D eigenvalue weighted by molar-refractivity contribution is 0.0946. The molecule has 7 heteroatoms. The molecule has 2 N–H and O–H groups in total. The molecule has 1 heterocycles. The molecule has 0 radical (unpaired) electrons. The van der Waals surface area contributed by atoms with Crippen LogP contribution in [-0.2, 0) is 16.4 Å². The molecular formula is C10H11BrN2O3S. The summed E-state index contributed by atoms with van der Waals surface area (Å²) in [6.45, 7) is 0.623. The SMILES string of the molecule is O=C1NCCc2ccc(NS(=O)(=O)CBr)cc21. The lowest BCUT2D eigenvalue weighted by Crippen LogP contribution is -2.31. The van der Waals surface area contributed by atoms with Gasteiger partial charge in [-0.15, -0.1) is 0 Å². The maximum absolute atomic E-state index is 11.6. The van der Waals surface area contributed by atoms with E-state index in [0.717, 1.165) is 12.0 Å². The van der Waals surface area contributed by atoms with Gasteiger partial charge in [-0.1, -0.05) is 22.0 Å². The van der Waals surface area contributed by atoms with Crippen molar-refractivity contribution in [2.75, 3.05) is 15.9 Å². The highest BCUT2D eigenvalue weighted by molar-refractivity contribution is 9.10. The number of halogens is 1. The summed E-state index contributed by atoms with van der Waals surface area (Å²) in [6, 6.07) is 5.00. The van der Waals surface area contributed by atoms with Gasteiger partial charge < -0.3 is 5.32 Å². The molecule has 5 nitrogen and oxygen atoms in total. The van der Waals surface area contributed by atoms with Crippen molar-refractivity contribution in [1.29, 1.82) is 0 Å². The number of anilines is 1. The molecule has 0 aromatic heterocycles. The Bertz CT molecular complexity index is 557. The third-order valence-electron chi connectivity index (χ3n) is 2.45. The Morgan fingerprint density at radius 3 is 2.88 bits per heavy atom. The zero-order chi connectivity index (χ0) is 12.5. The number of hydrogen-bond donors (Lipinski definition) is 2. The van der Waals surface area contributed by atoms with Crippen LogP contribution in [-0.4, -0.2) is 25.5 Å². The molecular weight excluding hydrogens is 308 g/mol. The predicted octanol–water partition coefficient (Wildman–Crippen LogP) is 1.07. The van der Waals surface area contributed by atoms with Crippen LogP contribution in [0.1, 0.15) is 15.9 Å². The van der Waals surface area contributed by atoms with Crippen molar-refractivity contribution >= 4 is 37.5 Å². The van der Waals surface area contributed by atoms with Crippen LogP contribution in [0.4, 0.5) is 5.69 Å². The molecule has 92 valence electrons. The molecule has 0 saturated carbocycles. The first-order valence-corrected chi connectivity index (χ1v) is 7.77. The molecule has 0 spiro atoms. The van der Waals surface area contributed by atoms with Gasteiger partial charge in [0.05, 0.1) is 0 Å². The van der Waals surface area contributed by atoms with Crippen molar-refractivity contribution in [1.82, 2.24) is 5.32 Å². The van der Waals surface area contributed by atoms with Crippen LogP contribution in [0.25, 0.3) is 0 Å². The lowest BCUT2D eigenvalue weighted by Gasteiger charge is -2.17. The minimum Gasteiger partial charge on any atom is -0.352 e. The molecule has 1 aliphatic rings. The van der Waals surface area contributed by atoms with E-state index in [1.54, 1.807) is 18.2 Å². The third-order valence-corrected chi connectivity index (χ3v) is 5.09. The smallest absolute Gasteiger partial charge is 0.251 e. The summed E-state index contributed by atoms with van der Waals surface area (Å²) >= 11 is 2.89. The summed E-state index contributed by atoms with van der Waals surface area (Å²) in [4.78, 5) is 11.6. The Morgan fingerprint density at radius 1 is 1.41 bits per heavy atom. The van der Waals surface area contributed by atoms with E-state index in [2.05, 4.69) is 26.0 Å². The minimum atomic E-state index is -3.38. The van der Waals surface area contributed by atoms with Gasteiger partial charge in [-0.3, -0.25) is 9.52 Å². The van der Waals surface area contributed by atoms with E-state index in [0.29, 0.717) is 17.8 Å². The highest BCUT2D eigenvalue weighted by atomic mass is 79.9. The fraction of sp³-hybridized carbons (Fsp3) is 0.300. The molecule has 0 bridgehead atoms. The molecule has 2 rings (SSSR count). The summed E-state index contributed by atoms with van der Waals surface area (Å²) in [7, 11) is -3.38. The van der Waals surface area contributed by atoms with Gasteiger partial charge in [0, 0.05) is 17.8 Å². The first-order valence-electron chi connectivity index (χ1n) is 4.99. The van der Waals surface area contributed by atoms with Crippen molar-refractivity contribution in [2.24, 2.45) is 0 Å². The number of sulfonamides is 1. The Kier molecular flexibility index (Phi) is 3.39. The van der Waals surface area contributed by atoms with E-state index in [9.17, 15) is 13.2 Å². The Labute approximate surface area is 108 Å². The Morgan fingerprint density at radius 2 is 2.18 bits per heavy atom. The van der Waals surface area contributed by atoms with Gasteiger partial charge in [0.1, 0.15) is 4.66 Å². The van der Waals surface area contributed by atoms with Gasteiger partial charge in [-0.2, -0.15) is 0 Å². The summed E-state index contributed by atoms with van der Waals surface area (Å²) in [6.07, 6.45) is 0.770. The molecule has 0 aliphatic carbocycles. The molecule has 1 aromatic carbocycles. The van der Waals surface area contributed by atoms with Gasteiger partial charge in [0.2, 0.25) is 10.0 Å². The number of rotatable bonds is 3. The van der Waals surface area contributed by atoms with E-state index < -0.39 is 10.0 Å². The first-order chi connectivity index (χ1) is 8.02. The van der Waals surface area contributed by atoms with Gasteiger partial charge >= 0.3 is 0 Å². The number of benzene rings is 1. The lowest BCUT2D eigenvalue weighted by atomic mass is 10.00. The van der Waals surface area contributed by atoms with E-state index in [1.807, 2.05) is 0 Å². The van der Waals surface area contributed by atoms with E-state index in [-0.39, 0.29) is 10.6 Å². The number of carbonyl (C=O) groups excluding carboxylic acids is 1. The predicted molar refractivity (Wildman–Crippen MR) is 68.8 cm³/mol. The molecule has 1 amide bonds.